The molecular formula is C8H11N5O. The molecule has 14 heavy (non-hydrogen) atoms. The molecule has 0 heterocycles. The van der Waals surface area contributed by atoms with Gasteiger partial charge in [0.2, 0.25) is 0 Å². The van der Waals surface area contributed by atoms with E-state index in [4.69, 9.17) is 21.4 Å². The van der Waals surface area contributed by atoms with Crippen molar-refractivity contribution in [1.82, 2.24) is 5.32 Å². The largest absolute Gasteiger partial charge is 0.391 e. The van der Waals surface area contributed by atoms with Crippen LogP contribution in [-0.4, -0.2) is 24.1 Å². The molecule has 6 nitrogen and oxygen atoms in total. The maximum absolute atomic E-state index is 8.83. The Labute approximate surface area is 82.0 Å². The van der Waals surface area contributed by atoms with Crippen molar-refractivity contribution in [2.75, 3.05) is 6.54 Å². The molecule has 0 aliphatic carbocycles. The Kier molecular flexibility index (Phi) is 5.52. The van der Waals surface area contributed by atoms with Crippen LogP contribution in [0.5, 0.6) is 0 Å². The van der Waals surface area contributed by atoms with E-state index in [9.17, 15) is 0 Å². The van der Waals surface area contributed by atoms with E-state index >= 15 is 0 Å². The molecular weight excluding hydrogens is 182 g/mol. The zero-order chi connectivity index (χ0) is 11.0. The molecule has 0 rings (SSSR count). The minimum atomic E-state index is -0.545. The first-order valence-corrected chi connectivity index (χ1v) is 3.84. The monoisotopic (exact) mass is 193 g/mol. The molecule has 0 aromatic rings. The second kappa shape index (κ2) is 6.46. The van der Waals surface area contributed by atoms with Gasteiger partial charge in [0, 0.05) is 0 Å². The molecule has 6 heteroatoms. The smallest absolute Gasteiger partial charge is 0.152 e. The molecule has 0 fully saturated rings. The van der Waals surface area contributed by atoms with Crippen molar-refractivity contribution in [3.63, 3.8) is 0 Å². The molecule has 0 aliphatic heterocycles. The first kappa shape index (κ1) is 11.9. The summed E-state index contributed by atoms with van der Waals surface area (Å²) in [4.78, 5) is 3.74. The molecule has 0 saturated heterocycles. The first-order chi connectivity index (χ1) is 6.61. The summed E-state index contributed by atoms with van der Waals surface area (Å²) in [7, 11) is 0. The average molecular weight is 193 g/mol. The molecule has 4 N–H and O–H groups in total. The van der Waals surface area contributed by atoms with E-state index in [0.29, 0.717) is 0 Å². The number of aliphatic imine (C=N–C) groups is 1. The topological polar surface area (TPSA) is 118 Å². The van der Waals surface area contributed by atoms with Crippen molar-refractivity contribution in [1.29, 1.82) is 10.5 Å². The van der Waals surface area contributed by atoms with Gasteiger partial charge >= 0.3 is 0 Å². The number of hydrogen-bond donors (Lipinski definition) is 3. The lowest BCUT2D eigenvalue weighted by molar-refractivity contribution is 0.204. The second-order valence-corrected chi connectivity index (χ2v) is 2.50. The number of aliphatic hydroxyl groups excluding tert-OH is 1. The number of nitriles is 2. The Morgan fingerprint density at radius 3 is 2.71 bits per heavy atom. The Bertz CT molecular complexity index is 318. The van der Waals surface area contributed by atoms with Crippen LogP contribution in [0.4, 0.5) is 0 Å². The van der Waals surface area contributed by atoms with E-state index in [1.54, 1.807) is 19.1 Å². The normalized spacial score (nSPS) is 14.0. The van der Waals surface area contributed by atoms with Crippen LogP contribution in [0.2, 0.25) is 0 Å². The number of nitrogens with one attached hydrogen (secondary N) is 1. The molecule has 0 aromatic heterocycles. The number of nitrogens with zero attached hydrogens (tertiary/aromatic N) is 3. The van der Waals surface area contributed by atoms with E-state index in [2.05, 4.69) is 10.3 Å². The van der Waals surface area contributed by atoms with E-state index in [1.807, 2.05) is 0 Å². The summed E-state index contributed by atoms with van der Waals surface area (Å²) in [6.45, 7) is 1.81. The number of hydrogen-bond acceptors (Lipinski definition) is 5. The van der Waals surface area contributed by atoms with Crippen molar-refractivity contribution in [2.24, 2.45) is 10.7 Å². The molecule has 0 aromatic carbocycles. The zero-order valence-electron chi connectivity index (χ0n) is 7.73. The Morgan fingerprint density at radius 2 is 2.29 bits per heavy atom. The van der Waals surface area contributed by atoms with Gasteiger partial charge in [0.1, 0.15) is 17.8 Å². The van der Waals surface area contributed by atoms with E-state index < -0.39 is 6.10 Å². The molecule has 0 bridgehead atoms. The van der Waals surface area contributed by atoms with Crippen LogP contribution in [0.25, 0.3) is 0 Å². The van der Waals surface area contributed by atoms with Crippen LogP contribution in [-0.2, 0) is 0 Å². The molecule has 0 saturated carbocycles. The summed E-state index contributed by atoms with van der Waals surface area (Å²) >= 11 is 0. The van der Waals surface area contributed by atoms with Gasteiger partial charge in [-0.25, -0.2) is 0 Å². The van der Waals surface area contributed by atoms with Gasteiger partial charge in [0.25, 0.3) is 0 Å². The van der Waals surface area contributed by atoms with Crippen LogP contribution >= 0.6 is 0 Å². The maximum atomic E-state index is 8.83. The van der Waals surface area contributed by atoms with Crippen LogP contribution in [0.3, 0.4) is 0 Å². The van der Waals surface area contributed by atoms with Crippen LogP contribution in [0, 0.1) is 22.7 Å². The quantitative estimate of drug-likeness (QED) is 0.307. The van der Waals surface area contributed by atoms with Crippen LogP contribution in [0.15, 0.2) is 16.4 Å². The van der Waals surface area contributed by atoms with Crippen molar-refractivity contribution in [3.8, 4) is 12.1 Å². The standard InChI is InChI=1S/C8H11N5O/c1-6(14)4-12-5-13-8(3-10)7(11)2-9/h5-6,14H,4,11H2,1H3,(H,12,13)/b8-7-/t6-/m0/s1. The minimum absolute atomic E-state index is 0.0538. The van der Waals surface area contributed by atoms with Crippen molar-refractivity contribution >= 4 is 6.34 Å². The van der Waals surface area contributed by atoms with Crippen LogP contribution in [0.1, 0.15) is 6.92 Å². The Morgan fingerprint density at radius 1 is 1.64 bits per heavy atom. The molecule has 74 valence electrons. The van der Waals surface area contributed by atoms with Gasteiger partial charge < -0.3 is 16.2 Å². The van der Waals surface area contributed by atoms with Crippen LogP contribution < -0.4 is 11.1 Å². The highest BCUT2D eigenvalue weighted by atomic mass is 16.3. The zero-order valence-corrected chi connectivity index (χ0v) is 7.73. The predicted octanol–water partition coefficient (Wildman–Crippen LogP) is -0.797. The number of nitrogens with two attached hydrogens (primary N) is 1. The number of rotatable bonds is 4. The maximum Gasteiger partial charge on any atom is 0.152 e. The highest BCUT2D eigenvalue weighted by Crippen LogP contribution is 1.89. The van der Waals surface area contributed by atoms with Gasteiger partial charge in [0.15, 0.2) is 5.70 Å². The summed E-state index contributed by atoms with van der Waals surface area (Å²) in [5, 5.41) is 28.2. The first-order valence-electron chi connectivity index (χ1n) is 3.84. The van der Waals surface area contributed by atoms with Crippen molar-refractivity contribution in [3.05, 3.63) is 11.4 Å². The lowest BCUT2D eigenvalue weighted by Gasteiger charge is -1.99. The predicted molar refractivity (Wildman–Crippen MR) is 50.6 cm³/mol. The Hall–Kier alpha value is -2.05. The van der Waals surface area contributed by atoms with Gasteiger partial charge in [-0.15, -0.1) is 0 Å². The summed E-state index contributed by atoms with van der Waals surface area (Å²) in [6.07, 6.45) is 0.672. The fourth-order valence-electron chi connectivity index (χ4n) is 0.542. The second-order valence-electron chi connectivity index (χ2n) is 2.50. The van der Waals surface area contributed by atoms with Crippen molar-refractivity contribution < 1.29 is 5.11 Å². The van der Waals surface area contributed by atoms with Crippen molar-refractivity contribution in [2.45, 2.75) is 13.0 Å². The third-order valence-electron chi connectivity index (χ3n) is 1.17. The lowest BCUT2D eigenvalue weighted by Crippen LogP contribution is -2.16. The average Bonchev–Trinajstić information content (AvgIpc) is 2.16. The SMILES string of the molecule is C[C@H](O)CN=CN/C(C#N)=C(\N)C#N. The van der Waals surface area contributed by atoms with Gasteiger partial charge in [-0.1, -0.05) is 0 Å². The molecule has 0 radical (unpaired) electrons. The third kappa shape index (κ3) is 4.75. The van der Waals surface area contributed by atoms with E-state index in [1.165, 1.54) is 6.34 Å². The molecule has 0 spiro atoms. The summed E-state index contributed by atoms with van der Waals surface area (Å²) in [5.41, 5.74) is 4.94. The van der Waals surface area contributed by atoms with E-state index in [-0.39, 0.29) is 17.9 Å². The summed E-state index contributed by atoms with van der Waals surface area (Å²) in [6, 6.07) is 3.34. The fourth-order valence-corrected chi connectivity index (χ4v) is 0.542. The molecule has 0 amide bonds. The summed E-state index contributed by atoms with van der Waals surface area (Å²) < 4.78 is 0. The fraction of sp³-hybridized carbons (Fsp3) is 0.375. The number of allylic oxidation sites excluding steroid dienone is 2. The minimum Gasteiger partial charge on any atom is -0.391 e. The summed E-state index contributed by atoms with van der Waals surface area (Å²) in [5.74, 6) is 0. The molecule has 1 atom stereocenters. The highest BCUT2D eigenvalue weighted by molar-refractivity contribution is 5.60. The van der Waals surface area contributed by atoms with Gasteiger partial charge in [0.05, 0.1) is 19.0 Å². The molecule has 0 unspecified atom stereocenters. The van der Waals surface area contributed by atoms with E-state index in [0.717, 1.165) is 0 Å². The lowest BCUT2D eigenvalue weighted by atomic mass is 10.4. The third-order valence-corrected chi connectivity index (χ3v) is 1.17. The van der Waals surface area contributed by atoms with Gasteiger partial charge in [-0.2, -0.15) is 10.5 Å². The van der Waals surface area contributed by atoms with Gasteiger partial charge in [-0.05, 0) is 6.92 Å². The molecule has 0 aliphatic rings. The number of aliphatic hydroxyl groups is 1. The Balaban J connectivity index is 4.20. The highest BCUT2D eigenvalue weighted by Gasteiger charge is 1.98. The van der Waals surface area contributed by atoms with Gasteiger partial charge in [-0.3, -0.25) is 4.99 Å².